The number of unbranched alkanes of at least 4 members (excludes halogenated alkanes) is 2. The molecule has 4 aromatic rings. The summed E-state index contributed by atoms with van der Waals surface area (Å²) in [6, 6.07) is 25.5. The lowest BCUT2D eigenvalue weighted by Crippen LogP contribution is -2.43. The number of rotatable bonds is 15. The van der Waals surface area contributed by atoms with Gasteiger partial charge in [-0.2, -0.15) is 0 Å². The average molecular weight is 540 g/mol. The van der Waals surface area contributed by atoms with Crippen LogP contribution in [0.2, 0.25) is 0 Å². The highest BCUT2D eigenvalue weighted by atomic mass is 16.5. The number of fused-ring (bicyclic) bond motifs is 1. The zero-order chi connectivity index (χ0) is 28.2. The van der Waals surface area contributed by atoms with Crippen molar-refractivity contribution in [2.45, 2.75) is 52.5 Å². The van der Waals surface area contributed by atoms with Gasteiger partial charge in [0, 0.05) is 42.3 Å². The molecule has 0 aliphatic rings. The number of hydrogen-bond donors (Lipinski definition) is 1. The maximum Gasteiger partial charge on any atom is 0.254 e. The van der Waals surface area contributed by atoms with Crippen molar-refractivity contribution in [1.82, 2.24) is 14.8 Å². The Morgan fingerprint density at radius 2 is 1.52 bits per heavy atom. The molecule has 2 amide bonds. The molecule has 0 atom stereocenters. The summed E-state index contributed by atoms with van der Waals surface area (Å²) in [5.41, 5.74) is 3.91. The first-order chi connectivity index (χ1) is 19.6. The van der Waals surface area contributed by atoms with Crippen LogP contribution in [0.5, 0.6) is 5.75 Å². The summed E-state index contributed by atoms with van der Waals surface area (Å²) >= 11 is 0. The Morgan fingerprint density at radius 3 is 2.27 bits per heavy atom. The van der Waals surface area contributed by atoms with Crippen LogP contribution in [0.25, 0.3) is 10.9 Å². The standard InChI is InChI=1S/C34H41N3O3/c1-3-5-21-37(34(39)28-16-18-30(19-17-28)40-23-6-4-2)26-33(38)36(25-27-12-8-7-9-13-27)22-20-29-24-35-32-15-11-10-14-31(29)32/h7-19,24,35H,3-6,20-23,25-26H2,1-2H3. The molecule has 1 N–H and O–H groups in total. The molecular weight excluding hydrogens is 498 g/mol. The molecule has 0 unspecified atom stereocenters. The van der Waals surface area contributed by atoms with Gasteiger partial charge < -0.3 is 19.5 Å². The first-order valence-corrected chi connectivity index (χ1v) is 14.5. The summed E-state index contributed by atoms with van der Waals surface area (Å²) < 4.78 is 5.76. The zero-order valence-electron chi connectivity index (χ0n) is 23.8. The first-order valence-electron chi connectivity index (χ1n) is 14.5. The van der Waals surface area contributed by atoms with Crippen molar-refractivity contribution >= 4 is 22.7 Å². The van der Waals surface area contributed by atoms with E-state index in [1.807, 2.05) is 65.7 Å². The van der Waals surface area contributed by atoms with E-state index in [1.54, 1.807) is 17.0 Å². The molecule has 0 aliphatic heterocycles. The van der Waals surface area contributed by atoms with Crippen molar-refractivity contribution in [3.05, 3.63) is 102 Å². The van der Waals surface area contributed by atoms with Gasteiger partial charge in [-0.05, 0) is 60.7 Å². The van der Waals surface area contributed by atoms with Crippen molar-refractivity contribution in [2.24, 2.45) is 0 Å². The minimum absolute atomic E-state index is 0.0485. The van der Waals surface area contributed by atoms with Crippen LogP contribution >= 0.6 is 0 Å². The summed E-state index contributed by atoms with van der Waals surface area (Å²) in [6.45, 7) is 6.54. The topological polar surface area (TPSA) is 65.6 Å². The number of carbonyl (C=O) groups is 2. The number of para-hydroxylation sites is 1. The molecule has 1 heterocycles. The quantitative estimate of drug-likeness (QED) is 0.168. The van der Waals surface area contributed by atoms with Gasteiger partial charge in [0.2, 0.25) is 5.91 Å². The van der Waals surface area contributed by atoms with E-state index >= 15 is 0 Å². The monoisotopic (exact) mass is 539 g/mol. The molecule has 0 spiro atoms. The van der Waals surface area contributed by atoms with Gasteiger partial charge in [0.1, 0.15) is 12.3 Å². The van der Waals surface area contributed by atoms with Crippen LogP contribution < -0.4 is 4.74 Å². The molecule has 0 radical (unpaired) electrons. The fourth-order valence-electron chi connectivity index (χ4n) is 4.76. The zero-order valence-corrected chi connectivity index (χ0v) is 23.8. The van der Waals surface area contributed by atoms with Crippen molar-refractivity contribution in [1.29, 1.82) is 0 Å². The van der Waals surface area contributed by atoms with E-state index in [2.05, 4.69) is 31.0 Å². The number of benzene rings is 3. The normalized spacial score (nSPS) is 10.9. The summed E-state index contributed by atoms with van der Waals surface area (Å²) in [4.78, 5) is 34.2. The van der Waals surface area contributed by atoms with Crippen LogP contribution in [-0.4, -0.2) is 52.8 Å². The molecule has 0 bridgehead atoms. The highest BCUT2D eigenvalue weighted by Crippen LogP contribution is 2.20. The molecule has 3 aromatic carbocycles. The van der Waals surface area contributed by atoms with Crippen molar-refractivity contribution < 1.29 is 14.3 Å². The number of amides is 2. The maximum atomic E-state index is 13.8. The van der Waals surface area contributed by atoms with E-state index in [0.29, 0.717) is 31.8 Å². The van der Waals surface area contributed by atoms with Gasteiger partial charge in [-0.25, -0.2) is 0 Å². The van der Waals surface area contributed by atoms with Crippen molar-refractivity contribution in [3.63, 3.8) is 0 Å². The fourth-order valence-corrected chi connectivity index (χ4v) is 4.76. The summed E-state index contributed by atoms with van der Waals surface area (Å²) in [5, 5.41) is 1.18. The number of aromatic nitrogens is 1. The second kappa shape index (κ2) is 14.9. The molecule has 6 heteroatoms. The fraction of sp³-hybridized carbons (Fsp3) is 0.353. The van der Waals surface area contributed by atoms with Gasteiger partial charge in [0.05, 0.1) is 6.61 Å². The van der Waals surface area contributed by atoms with Crippen molar-refractivity contribution in [2.75, 3.05) is 26.2 Å². The number of nitrogens with one attached hydrogen (secondary N) is 1. The summed E-state index contributed by atoms with van der Waals surface area (Å²) in [6.07, 6.45) is 6.60. The van der Waals surface area contributed by atoms with Gasteiger partial charge in [-0.15, -0.1) is 0 Å². The predicted molar refractivity (Wildman–Crippen MR) is 162 cm³/mol. The smallest absolute Gasteiger partial charge is 0.254 e. The molecular formula is C34H41N3O3. The number of H-pyrrole nitrogens is 1. The Balaban J connectivity index is 1.48. The largest absolute Gasteiger partial charge is 0.494 e. The van der Waals surface area contributed by atoms with E-state index in [1.165, 1.54) is 10.9 Å². The van der Waals surface area contributed by atoms with E-state index in [0.717, 1.165) is 48.9 Å². The Labute approximate surface area is 238 Å². The molecule has 0 saturated heterocycles. The number of aromatic amines is 1. The number of ether oxygens (including phenoxy) is 1. The van der Waals surface area contributed by atoms with E-state index in [-0.39, 0.29) is 18.4 Å². The molecule has 0 saturated carbocycles. The van der Waals surface area contributed by atoms with Crippen LogP contribution in [0, 0.1) is 0 Å². The average Bonchev–Trinajstić information content (AvgIpc) is 3.41. The third-order valence-corrected chi connectivity index (χ3v) is 7.16. The van der Waals surface area contributed by atoms with Gasteiger partial charge in [-0.3, -0.25) is 9.59 Å². The third kappa shape index (κ3) is 7.98. The predicted octanol–water partition coefficient (Wildman–Crippen LogP) is 6.86. The number of carbonyl (C=O) groups excluding carboxylic acids is 2. The van der Waals surface area contributed by atoms with Gasteiger partial charge in [0.15, 0.2) is 0 Å². The van der Waals surface area contributed by atoms with Crippen LogP contribution in [0.3, 0.4) is 0 Å². The van der Waals surface area contributed by atoms with Gasteiger partial charge in [0.25, 0.3) is 5.91 Å². The second-order valence-corrected chi connectivity index (χ2v) is 10.2. The first kappa shape index (κ1) is 28.9. The molecule has 0 aliphatic carbocycles. The highest BCUT2D eigenvalue weighted by Gasteiger charge is 2.23. The van der Waals surface area contributed by atoms with Gasteiger partial charge in [-0.1, -0.05) is 75.2 Å². The molecule has 6 nitrogen and oxygen atoms in total. The Morgan fingerprint density at radius 1 is 0.800 bits per heavy atom. The van der Waals surface area contributed by atoms with Crippen LogP contribution in [0.15, 0.2) is 85.1 Å². The van der Waals surface area contributed by atoms with Crippen molar-refractivity contribution in [3.8, 4) is 5.75 Å². The molecule has 0 fully saturated rings. The summed E-state index contributed by atoms with van der Waals surface area (Å²) in [7, 11) is 0. The lowest BCUT2D eigenvalue weighted by Gasteiger charge is -2.28. The van der Waals surface area contributed by atoms with E-state index in [4.69, 9.17) is 4.74 Å². The molecule has 4 rings (SSSR count). The SMILES string of the molecule is CCCCOc1ccc(C(=O)N(CCCC)CC(=O)N(CCc2c[nH]c3ccccc23)Cc2ccccc2)cc1. The van der Waals surface area contributed by atoms with Crippen LogP contribution in [0.4, 0.5) is 0 Å². The minimum atomic E-state index is -0.127. The summed E-state index contributed by atoms with van der Waals surface area (Å²) in [5.74, 6) is 0.582. The minimum Gasteiger partial charge on any atom is -0.494 e. The van der Waals surface area contributed by atoms with Crippen LogP contribution in [0.1, 0.15) is 61.0 Å². The number of nitrogens with zero attached hydrogens (tertiary/aromatic N) is 2. The molecule has 210 valence electrons. The molecule has 1 aromatic heterocycles. The Kier molecular flexibility index (Phi) is 10.8. The van der Waals surface area contributed by atoms with E-state index in [9.17, 15) is 9.59 Å². The maximum absolute atomic E-state index is 13.8. The van der Waals surface area contributed by atoms with Crippen LogP contribution in [-0.2, 0) is 17.8 Å². The highest BCUT2D eigenvalue weighted by molar-refractivity contribution is 5.96. The second-order valence-electron chi connectivity index (χ2n) is 10.2. The lowest BCUT2D eigenvalue weighted by atomic mass is 10.1. The number of hydrogen-bond acceptors (Lipinski definition) is 3. The van der Waals surface area contributed by atoms with Gasteiger partial charge >= 0.3 is 0 Å². The Bertz CT molecular complexity index is 1350. The third-order valence-electron chi connectivity index (χ3n) is 7.16. The van der Waals surface area contributed by atoms with E-state index < -0.39 is 0 Å². The Hall–Kier alpha value is -4.06. The molecule has 40 heavy (non-hydrogen) atoms. The lowest BCUT2D eigenvalue weighted by molar-refractivity contribution is -0.132.